The number of ketones is 1. The van der Waals surface area contributed by atoms with Gasteiger partial charge in [-0.2, -0.15) is 0 Å². The van der Waals surface area contributed by atoms with Gasteiger partial charge >= 0.3 is 5.97 Å². The van der Waals surface area contributed by atoms with Crippen LogP contribution >= 0.6 is 0 Å². The second-order valence-electron chi connectivity index (χ2n) is 8.38. The molecule has 1 aliphatic carbocycles. The predicted molar refractivity (Wildman–Crippen MR) is 104 cm³/mol. The molecular weight excluding hydrogens is 374 g/mol. The number of rotatable bonds is 5. The topological polar surface area (TPSA) is 82.1 Å². The Morgan fingerprint density at radius 1 is 1.17 bits per heavy atom. The number of amides is 1. The van der Waals surface area contributed by atoms with Gasteiger partial charge in [0.15, 0.2) is 23.9 Å². The molecule has 1 saturated carbocycles. The highest BCUT2D eigenvalue weighted by Crippen LogP contribution is 2.36. The SMILES string of the molecule is C[C@@H]1[C@H](C)CCC[C@@H]1N1C[C@H](C(=O)OCC(=O)c2ccc3c(c2)OCO3)CC1=O. The molecule has 156 valence electrons. The molecule has 0 N–H and O–H groups in total. The molecule has 2 fully saturated rings. The third-order valence-electron chi connectivity index (χ3n) is 6.60. The van der Waals surface area contributed by atoms with Gasteiger partial charge in [-0.25, -0.2) is 0 Å². The molecule has 3 aliphatic rings. The highest BCUT2D eigenvalue weighted by Gasteiger charge is 2.42. The van der Waals surface area contributed by atoms with Gasteiger partial charge in [0.1, 0.15) is 0 Å². The molecule has 0 radical (unpaired) electrons. The molecule has 1 aromatic rings. The van der Waals surface area contributed by atoms with E-state index in [-0.39, 0.29) is 37.6 Å². The van der Waals surface area contributed by atoms with Crippen LogP contribution in [0.1, 0.15) is 49.9 Å². The summed E-state index contributed by atoms with van der Waals surface area (Å²) >= 11 is 0. The van der Waals surface area contributed by atoms with Gasteiger partial charge in [0.05, 0.1) is 5.92 Å². The Hall–Kier alpha value is -2.57. The van der Waals surface area contributed by atoms with Crippen LogP contribution in [0.5, 0.6) is 11.5 Å². The van der Waals surface area contributed by atoms with Crippen molar-refractivity contribution in [1.29, 1.82) is 0 Å². The number of fused-ring (bicyclic) bond motifs is 1. The van der Waals surface area contributed by atoms with E-state index in [4.69, 9.17) is 14.2 Å². The lowest BCUT2D eigenvalue weighted by molar-refractivity contribution is -0.147. The number of benzene rings is 1. The first-order valence-electron chi connectivity index (χ1n) is 10.3. The first-order valence-corrected chi connectivity index (χ1v) is 10.3. The summed E-state index contributed by atoms with van der Waals surface area (Å²) in [5.41, 5.74) is 0.399. The van der Waals surface area contributed by atoms with Gasteiger partial charge in [0, 0.05) is 24.6 Å². The van der Waals surface area contributed by atoms with Crippen LogP contribution in [0.25, 0.3) is 0 Å². The van der Waals surface area contributed by atoms with Crippen molar-refractivity contribution in [2.45, 2.75) is 45.6 Å². The number of carbonyl (C=O) groups excluding carboxylic acids is 3. The van der Waals surface area contributed by atoms with Crippen molar-refractivity contribution >= 4 is 17.7 Å². The number of carbonyl (C=O) groups is 3. The van der Waals surface area contributed by atoms with Crippen molar-refractivity contribution in [2.24, 2.45) is 17.8 Å². The van der Waals surface area contributed by atoms with Crippen molar-refractivity contribution in [1.82, 2.24) is 4.90 Å². The summed E-state index contributed by atoms with van der Waals surface area (Å²) in [4.78, 5) is 39.3. The van der Waals surface area contributed by atoms with Gasteiger partial charge in [0.25, 0.3) is 0 Å². The van der Waals surface area contributed by atoms with Crippen LogP contribution in [-0.4, -0.2) is 48.5 Å². The van der Waals surface area contributed by atoms with E-state index in [1.165, 1.54) is 6.42 Å². The van der Waals surface area contributed by atoms with Crippen molar-refractivity contribution in [3.63, 3.8) is 0 Å². The standard InChI is InChI=1S/C22H27NO6/c1-13-4-3-5-17(14(13)2)23-10-16(9-21(23)25)22(26)27-11-18(24)15-6-7-19-20(8-15)29-12-28-19/h6-8,13-14,16-17H,3-5,9-12H2,1-2H3/t13-,14-,16-,17+/m1/s1. The van der Waals surface area contributed by atoms with Gasteiger partial charge in [-0.05, 0) is 36.5 Å². The van der Waals surface area contributed by atoms with Crippen LogP contribution in [0.2, 0.25) is 0 Å². The molecule has 2 heterocycles. The Bertz CT molecular complexity index is 822. The molecule has 1 amide bonds. The summed E-state index contributed by atoms with van der Waals surface area (Å²) < 4.78 is 15.7. The summed E-state index contributed by atoms with van der Waals surface area (Å²) in [6.45, 7) is 4.59. The average molecular weight is 401 g/mol. The normalized spacial score (nSPS) is 28.5. The molecule has 2 aliphatic heterocycles. The van der Waals surface area contributed by atoms with Gasteiger partial charge < -0.3 is 19.1 Å². The fourth-order valence-corrected chi connectivity index (χ4v) is 4.61. The number of nitrogens with zero attached hydrogens (tertiary/aromatic N) is 1. The molecule has 4 atom stereocenters. The van der Waals surface area contributed by atoms with Crippen LogP contribution in [0, 0.1) is 17.8 Å². The number of likely N-dealkylation sites (tertiary alicyclic amines) is 1. The van der Waals surface area contributed by atoms with E-state index in [0.29, 0.717) is 35.4 Å². The molecule has 7 heteroatoms. The van der Waals surface area contributed by atoms with E-state index in [9.17, 15) is 14.4 Å². The van der Waals surface area contributed by atoms with E-state index < -0.39 is 11.9 Å². The Labute approximate surface area is 170 Å². The fourth-order valence-electron chi connectivity index (χ4n) is 4.61. The van der Waals surface area contributed by atoms with Crippen molar-refractivity contribution in [2.75, 3.05) is 19.9 Å². The zero-order valence-electron chi connectivity index (χ0n) is 16.9. The molecular formula is C22H27NO6. The van der Waals surface area contributed by atoms with E-state index >= 15 is 0 Å². The highest BCUT2D eigenvalue weighted by molar-refractivity contribution is 5.99. The minimum Gasteiger partial charge on any atom is -0.457 e. The van der Waals surface area contributed by atoms with Gasteiger partial charge in [-0.3, -0.25) is 14.4 Å². The predicted octanol–water partition coefficient (Wildman–Crippen LogP) is 2.81. The molecule has 29 heavy (non-hydrogen) atoms. The monoisotopic (exact) mass is 401 g/mol. The van der Waals surface area contributed by atoms with Gasteiger partial charge in [-0.1, -0.05) is 26.7 Å². The number of hydrogen-bond acceptors (Lipinski definition) is 6. The first-order chi connectivity index (χ1) is 13.9. The Kier molecular flexibility index (Phi) is 5.48. The first kappa shape index (κ1) is 19.7. The molecule has 0 unspecified atom stereocenters. The molecule has 1 saturated heterocycles. The summed E-state index contributed by atoms with van der Waals surface area (Å²) in [7, 11) is 0. The molecule has 0 aromatic heterocycles. The molecule has 0 bridgehead atoms. The highest BCUT2D eigenvalue weighted by atomic mass is 16.7. The number of Topliss-reactive ketones (excluding diaryl/α,β-unsaturated/α-hetero) is 1. The third-order valence-corrected chi connectivity index (χ3v) is 6.60. The minimum atomic E-state index is -0.503. The largest absolute Gasteiger partial charge is 0.457 e. The van der Waals surface area contributed by atoms with Crippen LogP contribution < -0.4 is 9.47 Å². The van der Waals surface area contributed by atoms with E-state index in [1.807, 2.05) is 4.90 Å². The van der Waals surface area contributed by atoms with Crippen LogP contribution in [0.4, 0.5) is 0 Å². The van der Waals surface area contributed by atoms with E-state index in [2.05, 4.69) is 13.8 Å². The van der Waals surface area contributed by atoms with Crippen LogP contribution in [0.3, 0.4) is 0 Å². The summed E-state index contributed by atoms with van der Waals surface area (Å²) in [6.07, 6.45) is 3.45. The lowest BCUT2D eigenvalue weighted by atomic mass is 9.77. The number of ether oxygens (including phenoxy) is 3. The van der Waals surface area contributed by atoms with Crippen molar-refractivity contribution in [3.8, 4) is 11.5 Å². The van der Waals surface area contributed by atoms with Gasteiger partial charge in [-0.15, -0.1) is 0 Å². The Balaban J connectivity index is 1.32. The zero-order chi connectivity index (χ0) is 20.5. The second-order valence-corrected chi connectivity index (χ2v) is 8.38. The summed E-state index contributed by atoms with van der Waals surface area (Å²) in [5.74, 6) is 0.821. The summed E-state index contributed by atoms with van der Waals surface area (Å²) in [6, 6.07) is 5.07. The summed E-state index contributed by atoms with van der Waals surface area (Å²) in [5, 5.41) is 0. The Morgan fingerprint density at radius 3 is 2.79 bits per heavy atom. The quantitative estimate of drug-likeness (QED) is 0.557. The lowest BCUT2D eigenvalue weighted by Gasteiger charge is -2.39. The maximum absolute atomic E-state index is 12.5. The maximum atomic E-state index is 12.5. The van der Waals surface area contributed by atoms with Crippen molar-refractivity contribution in [3.05, 3.63) is 23.8 Å². The second kappa shape index (κ2) is 8.05. The van der Waals surface area contributed by atoms with E-state index in [0.717, 1.165) is 12.8 Å². The van der Waals surface area contributed by atoms with Crippen LogP contribution in [-0.2, 0) is 14.3 Å². The molecule has 7 nitrogen and oxygen atoms in total. The fraction of sp³-hybridized carbons (Fsp3) is 0.591. The lowest BCUT2D eigenvalue weighted by Crippen LogP contribution is -2.45. The molecule has 4 rings (SSSR count). The molecule has 1 aromatic carbocycles. The molecule has 0 spiro atoms. The minimum absolute atomic E-state index is 0.0139. The average Bonchev–Trinajstić information content (AvgIpc) is 3.34. The number of hydrogen-bond donors (Lipinski definition) is 0. The maximum Gasteiger partial charge on any atom is 0.311 e. The smallest absolute Gasteiger partial charge is 0.311 e. The van der Waals surface area contributed by atoms with Crippen LogP contribution in [0.15, 0.2) is 18.2 Å². The van der Waals surface area contributed by atoms with Gasteiger partial charge in [0.2, 0.25) is 12.7 Å². The Morgan fingerprint density at radius 2 is 1.97 bits per heavy atom. The van der Waals surface area contributed by atoms with E-state index in [1.54, 1.807) is 18.2 Å². The zero-order valence-corrected chi connectivity index (χ0v) is 16.9. The van der Waals surface area contributed by atoms with Crippen molar-refractivity contribution < 1.29 is 28.6 Å². The number of esters is 1. The third kappa shape index (κ3) is 3.95.